The van der Waals surface area contributed by atoms with Gasteiger partial charge >= 0.3 is 0 Å². The minimum Gasteiger partial charge on any atom is -0.315 e. The van der Waals surface area contributed by atoms with Crippen LogP contribution in [0.1, 0.15) is 39.5 Å². The number of nitrogens with one attached hydrogen (secondary N) is 1. The molecule has 2 aliphatic rings. The molecular formula is C13H26N2. The van der Waals surface area contributed by atoms with Gasteiger partial charge in [-0.2, -0.15) is 0 Å². The Morgan fingerprint density at radius 1 is 1.40 bits per heavy atom. The lowest BCUT2D eigenvalue weighted by Gasteiger charge is -2.31. The highest BCUT2D eigenvalue weighted by Crippen LogP contribution is 2.35. The summed E-state index contributed by atoms with van der Waals surface area (Å²) in [5, 5.41) is 3.53. The van der Waals surface area contributed by atoms with Gasteiger partial charge in [-0.15, -0.1) is 0 Å². The van der Waals surface area contributed by atoms with Crippen molar-refractivity contribution in [3.05, 3.63) is 0 Å². The Morgan fingerprint density at radius 2 is 2.20 bits per heavy atom. The molecule has 1 N–H and O–H groups in total. The first-order chi connectivity index (χ1) is 7.29. The van der Waals surface area contributed by atoms with E-state index in [2.05, 4.69) is 24.1 Å². The predicted octanol–water partition coefficient (Wildman–Crippen LogP) is 2.11. The fourth-order valence-electron chi connectivity index (χ4n) is 2.77. The van der Waals surface area contributed by atoms with Crippen molar-refractivity contribution in [2.45, 2.75) is 45.6 Å². The molecule has 2 heteroatoms. The summed E-state index contributed by atoms with van der Waals surface area (Å²) in [4.78, 5) is 2.74. The molecule has 0 spiro atoms. The standard InChI is InChI=1S/C13H26N2/c1-3-13(8-12-4-5-12)15-7-6-14-9-11(2)10-15/h11-14H,3-10H2,1-2H3. The normalized spacial score (nSPS) is 31.2. The molecule has 0 amide bonds. The Labute approximate surface area is 94.4 Å². The topological polar surface area (TPSA) is 15.3 Å². The first-order valence-electron chi connectivity index (χ1n) is 6.74. The van der Waals surface area contributed by atoms with E-state index in [1.54, 1.807) is 0 Å². The Morgan fingerprint density at radius 3 is 2.87 bits per heavy atom. The van der Waals surface area contributed by atoms with E-state index in [9.17, 15) is 0 Å². The van der Waals surface area contributed by atoms with Crippen LogP contribution >= 0.6 is 0 Å². The molecule has 1 saturated carbocycles. The third-order valence-electron chi connectivity index (χ3n) is 3.90. The van der Waals surface area contributed by atoms with E-state index in [4.69, 9.17) is 0 Å². The van der Waals surface area contributed by atoms with Gasteiger partial charge in [-0.05, 0) is 31.2 Å². The maximum atomic E-state index is 3.53. The van der Waals surface area contributed by atoms with Crippen molar-refractivity contribution in [2.75, 3.05) is 26.2 Å². The number of hydrogen-bond acceptors (Lipinski definition) is 2. The first-order valence-corrected chi connectivity index (χ1v) is 6.74. The summed E-state index contributed by atoms with van der Waals surface area (Å²) in [5.41, 5.74) is 0. The lowest BCUT2D eigenvalue weighted by atomic mass is 10.0. The average Bonchev–Trinajstić information content (AvgIpc) is 3.02. The number of rotatable bonds is 4. The van der Waals surface area contributed by atoms with Crippen molar-refractivity contribution >= 4 is 0 Å². The number of nitrogens with zero attached hydrogens (tertiary/aromatic N) is 1. The van der Waals surface area contributed by atoms with Gasteiger partial charge in [0.25, 0.3) is 0 Å². The highest BCUT2D eigenvalue weighted by molar-refractivity contribution is 4.83. The van der Waals surface area contributed by atoms with Gasteiger partial charge in [-0.1, -0.05) is 26.7 Å². The quantitative estimate of drug-likeness (QED) is 0.764. The van der Waals surface area contributed by atoms with E-state index in [1.165, 1.54) is 51.9 Å². The van der Waals surface area contributed by atoms with Crippen molar-refractivity contribution in [3.63, 3.8) is 0 Å². The number of hydrogen-bond donors (Lipinski definition) is 1. The summed E-state index contributed by atoms with van der Waals surface area (Å²) < 4.78 is 0. The van der Waals surface area contributed by atoms with Crippen LogP contribution in [0.15, 0.2) is 0 Å². The molecule has 1 saturated heterocycles. The fraction of sp³-hybridized carbons (Fsp3) is 1.00. The molecule has 2 nitrogen and oxygen atoms in total. The molecule has 2 unspecified atom stereocenters. The smallest absolute Gasteiger partial charge is 0.0110 e. The molecule has 2 fully saturated rings. The van der Waals surface area contributed by atoms with Crippen molar-refractivity contribution in [1.82, 2.24) is 10.2 Å². The van der Waals surface area contributed by atoms with E-state index in [-0.39, 0.29) is 0 Å². The van der Waals surface area contributed by atoms with Crippen LogP contribution in [0.25, 0.3) is 0 Å². The summed E-state index contributed by atoms with van der Waals surface area (Å²) in [6.45, 7) is 9.68. The fourth-order valence-corrected chi connectivity index (χ4v) is 2.77. The van der Waals surface area contributed by atoms with Crippen LogP contribution < -0.4 is 5.32 Å². The average molecular weight is 210 g/mol. The second kappa shape index (κ2) is 5.31. The minimum absolute atomic E-state index is 0.820. The zero-order valence-corrected chi connectivity index (χ0v) is 10.3. The van der Waals surface area contributed by atoms with Gasteiger partial charge in [-0.25, -0.2) is 0 Å². The van der Waals surface area contributed by atoms with Crippen LogP contribution in [0.5, 0.6) is 0 Å². The second-order valence-electron chi connectivity index (χ2n) is 5.55. The second-order valence-corrected chi connectivity index (χ2v) is 5.55. The van der Waals surface area contributed by atoms with Crippen LogP contribution in [0.3, 0.4) is 0 Å². The maximum Gasteiger partial charge on any atom is 0.0110 e. The molecule has 15 heavy (non-hydrogen) atoms. The van der Waals surface area contributed by atoms with Gasteiger partial charge < -0.3 is 5.32 Å². The summed E-state index contributed by atoms with van der Waals surface area (Å²) in [6, 6.07) is 0.861. The van der Waals surface area contributed by atoms with Gasteiger partial charge in [-0.3, -0.25) is 4.90 Å². The van der Waals surface area contributed by atoms with Gasteiger partial charge in [0.05, 0.1) is 0 Å². The van der Waals surface area contributed by atoms with Gasteiger partial charge in [0.1, 0.15) is 0 Å². The molecule has 0 aromatic heterocycles. The Hall–Kier alpha value is -0.0800. The van der Waals surface area contributed by atoms with E-state index in [1.807, 2.05) is 0 Å². The lowest BCUT2D eigenvalue weighted by molar-refractivity contribution is 0.170. The van der Waals surface area contributed by atoms with Gasteiger partial charge in [0.2, 0.25) is 0 Å². The summed E-state index contributed by atoms with van der Waals surface area (Å²) >= 11 is 0. The van der Waals surface area contributed by atoms with Crippen LogP contribution in [-0.4, -0.2) is 37.1 Å². The predicted molar refractivity (Wildman–Crippen MR) is 65.0 cm³/mol. The van der Waals surface area contributed by atoms with E-state index in [0.29, 0.717) is 0 Å². The summed E-state index contributed by atoms with van der Waals surface area (Å²) in [7, 11) is 0. The third kappa shape index (κ3) is 3.46. The minimum atomic E-state index is 0.820. The van der Waals surface area contributed by atoms with Crippen LogP contribution in [-0.2, 0) is 0 Å². The molecule has 0 bridgehead atoms. The van der Waals surface area contributed by atoms with Crippen molar-refractivity contribution < 1.29 is 0 Å². The Bertz CT molecular complexity index is 189. The molecule has 88 valence electrons. The highest BCUT2D eigenvalue weighted by Gasteiger charge is 2.28. The van der Waals surface area contributed by atoms with Gasteiger partial charge in [0.15, 0.2) is 0 Å². The Kier molecular flexibility index (Phi) is 4.04. The first kappa shape index (κ1) is 11.4. The molecule has 1 aliphatic carbocycles. The molecule has 0 aromatic carbocycles. The van der Waals surface area contributed by atoms with Crippen LogP contribution in [0, 0.1) is 11.8 Å². The molecular weight excluding hydrogens is 184 g/mol. The summed E-state index contributed by atoms with van der Waals surface area (Å²) in [6.07, 6.45) is 5.79. The van der Waals surface area contributed by atoms with E-state index >= 15 is 0 Å². The third-order valence-corrected chi connectivity index (χ3v) is 3.90. The highest BCUT2D eigenvalue weighted by atomic mass is 15.2. The van der Waals surface area contributed by atoms with Crippen molar-refractivity contribution in [3.8, 4) is 0 Å². The lowest BCUT2D eigenvalue weighted by Crippen LogP contribution is -2.39. The Balaban J connectivity index is 1.85. The molecule has 2 rings (SSSR count). The zero-order chi connectivity index (χ0) is 10.7. The van der Waals surface area contributed by atoms with E-state index < -0.39 is 0 Å². The van der Waals surface area contributed by atoms with Crippen LogP contribution in [0.2, 0.25) is 0 Å². The van der Waals surface area contributed by atoms with Crippen LogP contribution in [0.4, 0.5) is 0 Å². The molecule has 2 atom stereocenters. The van der Waals surface area contributed by atoms with Crippen molar-refractivity contribution in [1.29, 1.82) is 0 Å². The molecule has 1 aliphatic heterocycles. The van der Waals surface area contributed by atoms with Crippen molar-refractivity contribution in [2.24, 2.45) is 11.8 Å². The zero-order valence-electron chi connectivity index (χ0n) is 10.3. The molecule has 0 radical (unpaired) electrons. The largest absolute Gasteiger partial charge is 0.315 e. The monoisotopic (exact) mass is 210 g/mol. The van der Waals surface area contributed by atoms with Gasteiger partial charge in [0, 0.05) is 25.7 Å². The maximum absolute atomic E-state index is 3.53. The van der Waals surface area contributed by atoms with E-state index in [0.717, 1.165) is 17.9 Å². The summed E-state index contributed by atoms with van der Waals surface area (Å²) in [5.74, 6) is 1.89. The molecule has 0 aromatic rings. The SMILES string of the molecule is CCC(CC1CC1)N1CCNCC(C)C1. The molecule has 1 heterocycles.